The molecule has 0 atom stereocenters. The van der Waals surface area contributed by atoms with Crippen molar-refractivity contribution in [2.45, 2.75) is 33.1 Å². The Morgan fingerprint density at radius 3 is 2.24 bits per heavy atom. The van der Waals surface area contributed by atoms with E-state index in [-0.39, 0.29) is 11.8 Å². The van der Waals surface area contributed by atoms with Gasteiger partial charge >= 0.3 is 0 Å². The normalized spacial score (nSPS) is 14.4. The minimum absolute atomic E-state index is 0.0664. The minimum atomic E-state index is -0.0664. The van der Waals surface area contributed by atoms with Gasteiger partial charge in [-0.3, -0.25) is 9.59 Å². The summed E-state index contributed by atoms with van der Waals surface area (Å²) in [6.07, 6.45) is 2.52. The molecule has 2 amide bonds. The van der Waals surface area contributed by atoms with Crippen molar-refractivity contribution in [2.24, 2.45) is 0 Å². The van der Waals surface area contributed by atoms with E-state index >= 15 is 0 Å². The molecule has 25 heavy (non-hydrogen) atoms. The smallest absolute Gasteiger partial charge is 0.257 e. The van der Waals surface area contributed by atoms with Gasteiger partial charge in [0.2, 0.25) is 5.91 Å². The van der Waals surface area contributed by atoms with Gasteiger partial charge in [-0.05, 0) is 25.5 Å². The zero-order valence-corrected chi connectivity index (χ0v) is 15.6. The van der Waals surface area contributed by atoms with E-state index in [1.807, 2.05) is 11.8 Å². The molecule has 1 aliphatic heterocycles. The molecule has 1 fully saturated rings. The van der Waals surface area contributed by atoms with Gasteiger partial charge in [-0.25, -0.2) is 0 Å². The van der Waals surface area contributed by atoms with Crippen molar-refractivity contribution in [2.75, 3.05) is 40.4 Å². The molecule has 0 saturated carbocycles. The SMILES string of the molecule is CCCCC(=O)N1CCN(C(=O)c2ccc(OC)c(C)c2OC)CC1. The minimum Gasteiger partial charge on any atom is -0.496 e. The first-order chi connectivity index (χ1) is 12.0. The first-order valence-corrected chi connectivity index (χ1v) is 8.82. The van der Waals surface area contributed by atoms with Gasteiger partial charge in [-0.1, -0.05) is 13.3 Å². The van der Waals surface area contributed by atoms with Gasteiger partial charge in [0.25, 0.3) is 5.91 Å². The Balaban J connectivity index is 2.06. The van der Waals surface area contributed by atoms with Crippen LogP contribution in [0.3, 0.4) is 0 Å². The van der Waals surface area contributed by atoms with Crippen LogP contribution < -0.4 is 9.47 Å². The molecule has 0 bridgehead atoms. The third-order valence-corrected chi connectivity index (χ3v) is 4.67. The average Bonchev–Trinajstić information content (AvgIpc) is 2.65. The Kier molecular flexibility index (Phi) is 6.67. The van der Waals surface area contributed by atoms with Crippen molar-refractivity contribution in [1.82, 2.24) is 9.80 Å². The second-order valence-corrected chi connectivity index (χ2v) is 6.25. The number of carbonyl (C=O) groups is 2. The molecule has 1 aromatic rings. The van der Waals surface area contributed by atoms with Crippen LogP contribution in [0.1, 0.15) is 42.1 Å². The van der Waals surface area contributed by atoms with E-state index in [0.29, 0.717) is 49.7 Å². The lowest BCUT2D eigenvalue weighted by Crippen LogP contribution is -2.50. The van der Waals surface area contributed by atoms with Crippen molar-refractivity contribution < 1.29 is 19.1 Å². The number of hydrogen-bond donors (Lipinski definition) is 0. The maximum absolute atomic E-state index is 12.9. The molecular weight excluding hydrogens is 320 g/mol. The van der Waals surface area contributed by atoms with Crippen LogP contribution in [0, 0.1) is 6.92 Å². The highest BCUT2D eigenvalue weighted by molar-refractivity contribution is 5.98. The molecule has 0 aromatic heterocycles. The molecule has 138 valence electrons. The van der Waals surface area contributed by atoms with Crippen LogP contribution in [0.2, 0.25) is 0 Å². The molecule has 6 heteroatoms. The highest BCUT2D eigenvalue weighted by atomic mass is 16.5. The van der Waals surface area contributed by atoms with E-state index in [4.69, 9.17) is 9.47 Å². The number of nitrogens with zero attached hydrogens (tertiary/aromatic N) is 2. The molecule has 0 spiro atoms. The number of piperazine rings is 1. The number of hydrogen-bond acceptors (Lipinski definition) is 4. The van der Waals surface area contributed by atoms with Gasteiger partial charge in [0.05, 0.1) is 19.8 Å². The first kappa shape index (κ1) is 19.1. The van der Waals surface area contributed by atoms with Crippen molar-refractivity contribution >= 4 is 11.8 Å². The molecule has 6 nitrogen and oxygen atoms in total. The summed E-state index contributed by atoms with van der Waals surface area (Å²) in [5.74, 6) is 1.36. The first-order valence-electron chi connectivity index (χ1n) is 8.82. The Hall–Kier alpha value is -2.24. The largest absolute Gasteiger partial charge is 0.496 e. The molecule has 2 rings (SSSR count). The highest BCUT2D eigenvalue weighted by Gasteiger charge is 2.27. The van der Waals surface area contributed by atoms with Crippen molar-refractivity contribution in [3.8, 4) is 11.5 Å². The summed E-state index contributed by atoms with van der Waals surface area (Å²) >= 11 is 0. The summed E-state index contributed by atoms with van der Waals surface area (Å²) < 4.78 is 10.7. The summed E-state index contributed by atoms with van der Waals surface area (Å²) in [5.41, 5.74) is 1.34. The predicted molar refractivity (Wildman–Crippen MR) is 96.3 cm³/mol. The van der Waals surface area contributed by atoms with E-state index in [9.17, 15) is 9.59 Å². The van der Waals surface area contributed by atoms with Gasteiger partial charge < -0.3 is 19.3 Å². The fraction of sp³-hybridized carbons (Fsp3) is 0.579. The van der Waals surface area contributed by atoms with E-state index in [1.54, 1.807) is 31.3 Å². The number of unbranched alkanes of at least 4 members (excludes halogenated alkanes) is 1. The number of methoxy groups -OCH3 is 2. The number of ether oxygens (including phenoxy) is 2. The van der Waals surface area contributed by atoms with Gasteiger partial charge in [-0.2, -0.15) is 0 Å². The quantitative estimate of drug-likeness (QED) is 0.792. The van der Waals surface area contributed by atoms with Crippen LogP contribution >= 0.6 is 0 Å². The van der Waals surface area contributed by atoms with E-state index in [1.165, 1.54) is 0 Å². The fourth-order valence-corrected chi connectivity index (χ4v) is 3.14. The maximum Gasteiger partial charge on any atom is 0.257 e. The monoisotopic (exact) mass is 348 g/mol. The Morgan fingerprint density at radius 1 is 1.04 bits per heavy atom. The summed E-state index contributed by atoms with van der Waals surface area (Å²) in [5, 5.41) is 0. The van der Waals surface area contributed by atoms with Crippen molar-refractivity contribution in [3.05, 3.63) is 23.3 Å². The zero-order chi connectivity index (χ0) is 18.4. The maximum atomic E-state index is 12.9. The number of amides is 2. The topological polar surface area (TPSA) is 59.1 Å². The third-order valence-electron chi connectivity index (χ3n) is 4.67. The lowest BCUT2D eigenvalue weighted by atomic mass is 10.1. The molecule has 0 radical (unpaired) electrons. The van der Waals surface area contributed by atoms with E-state index < -0.39 is 0 Å². The molecular formula is C19H28N2O4. The van der Waals surface area contributed by atoms with Crippen molar-refractivity contribution in [1.29, 1.82) is 0 Å². The van der Waals surface area contributed by atoms with Crippen molar-refractivity contribution in [3.63, 3.8) is 0 Å². The predicted octanol–water partition coefficient (Wildman–Crippen LogP) is 2.49. The Labute approximate surface area is 149 Å². The Bertz CT molecular complexity index is 622. The van der Waals surface area contributed by atoms with Crippen LogP contribution in [0.15, 0.2) is 12.1 Å². The summed E-state index contributed by atoms with van der Waals surface area (Å²) in [4.78, 5) is 28.6. The summed E-state index contributed by atoms with van der Waals surface area (Å²) in [7, 11) is 3.15. The zero-order valence-electron chi connectivity index (χ0n) is 15.6. The van der Waals surface area contributed by atoms with E-state index in [2.05, 4.69) is 6.92 Å². The van der Waals surface area contributed by atoms with Gasteiger partial charge in [0.15, 0.2) is 0 Å². The fourth-order valence-electron chi connectivity index (χ4n) is 3.14. The van der Waals surface area contributed by atoms with Crippen LogP contribution in [-0.2, 0) is 4.79 Å². The number of carbonyl (C=O) groups excluding carboxylic acids is 2. The molecule has 0 unspecified atom stereocenters. The number of rotatable bonds is 6. The third kappa shape index (κ3) is 4.24. The van der Waals surface area contributed by atoms with E-state index in [0.717, 1.165) is 18.4 Å². The van der Waals surface area contributed by atoms with Gasteiger partial charge in [0.1, 0.15) is 11.5 Å². The van der Waals surface area contributed by atoms with Crippen LogP contribution in [0.4, 0.5) is 0 Å². The summed E-state index contributed by atoms with van der Waals surface area (Å²) in [6.45, 7) is 6.22. The molecule has 1 heterocycles. The highest BCUT2D eigenvalue weighted by Crippen LogP contribution is 2.32. The molecule has 0 N–H and O–H groups in total. The lowest BCUT2D eigenvalue weighted by Gasteiger charge is -2.35. The second-order valence-electron chi connectivity index (χ2n) is 6.25. The van der Waals surface area contributed by atoms with Gasteiger partial charge in [0, 0.05) is 38.2 Å². The second kappa shape index (κ2) is 8.74. The Morgan fingerprint density at radius 2 is 1.68 bits per heavy atom. The average molecular weight is 348 g/mol. The van der Waals surface area contributed by atoms with Crippen LogP contribution in [-0.4, -0.2) is 62.0 Å². The standard InChI is InChI=1S/C19H28N2O4/c1-5-6-7-17(22)20-10-12-21(13-11-20)19(23)15-8-9-16(24-3)14(2)18(15)25-4/h8-9H,5-7,10-13H2,1-4H3. The molecule has 1 aromatic carbocycles. The van der Waals surface area contributed by atoms with Crippen LogP contribution in [0.5, 0.6) is 11.5 Å². The molecule has 1 aliphatic rings. The molecule has 1 saturated heterocycles. The van der Waals surface area contributed by atoms with Crippen LogP contribution in [0.25, 0.3) is 0 Å². The molecule has 0 aliphatic carbocycles. The van der Waals surface area contributed by atoms with Gasteiger partial charge in [-0.15, -0.1) is 0 Å². The lowest BCUT2D eigenvalue weighted by molar-refractivity contribution is -0.132. The number of benzene rings is 1. The summed E-state index contributed by atoms with van der Waals surface area (Å²) in [6, 6.07) is 3.53.